The maximum absolute atomic E-state index is 14.0. The van der Waals surface area contributed by atoms with E-state index in [0.29, 0.717) is 39.1 Å². The third-order valence-electron chi connectivity index (χ3n) is 7.92. The van der Waals surface area contributed by atoms with Crippen molar-refractivity contribution in [3.05, 3.63) is 24.3 Å². The molecule has 5 atom stereocenters. The predicted molar refractivity (Wildman–Crippen MR) is 130 cm³/mol. The summed E-state index contributed by atoms with van der Waals surface area (Å²) in [6, 6.07) is -0.819. The minimum atomic E-state index is -1.22. The zero-order chi connectivity index (χ0) is 25.1. The van der Waals surface area contributed by atoms with Gasteiger partial charge in [-0.05, 0) is 51.9 Å². The van der Waals surface area contributed by atoms with Gasteiger partial charge < -0.3 is 24.4 Å². The number of rotatable bonds is 8. The maximum Gasteiger partial charge on any atom is 0.313 e. The summed E-state index contributed by atoms with van der Waals surface area (Å²) in [5.41, 5.74) is -2.26. The molecule has 4 rings (SSSR count). The highest BCUT2D eigenvalue weighted by Gasteiger charge is 2.74. The van der Waals surface area contributed by atoms with Crippen molar-refractivity contribution in [3.63, 3.8) is 0 Å². The summed E-state index contributed by atoms with van der Waals surface area (Å²) in [4.78, 5) is 44.9. The standard InChI is InChI=1S/C27H40N2O6/c1-3-4-15-28-16-12-14-27-20(23(31)29(22(27)24(28)32)17-9-7-10-18-30)21-25(33)34-19-11-6-5-8-13-26(21,2)35-27/h8,12-14,20-22,30H,3-7,9-11,15-19H2,1-2H3/b13-8-/t20-,21+,22?,26-,27-/m0/s1. The predicted octanol–water partition coefficient (Wildman–Crippen LogP) is 2.60. The van der Waals surface area contributed by atoms with E-state index in [9.17, 15) is 19.5 Å². The molecule has 1 unspecified atom stereocenters. The minimum absolute atomic E-state index is 0.0954. The molecule has 2 amide bonds. The highest BCUT2D eigenvalue weighted by Crippen LogP contribution is 2.57. The lowest BCUT2D eigenvalue weighted by atomic mass is 9.74. The molecule has 1 N–H and O–H groups in total. The Bertz CT molecular complexity index is 872. The van der Waals surface area contributed by atoms with Crippen molar-refractivity contribution in [2.75, 3.05) is 32.8 Å². The van der Waals surface area contributed by atoms with Crippen LogP contribution in [0.25, 0.3) is 0 Å². The van der Waals surface area contributed by atoms with Crippen molar-refractivity contribution in [1.82, 2.24) is 9.80 Å². The molecule has 0 aromatic heterocycles. The summed E-state index contributed by atoms with van der Waals surface area (Å²) in [7, 11) is 0. The molecule has 4 aliphatic rings. The third kappa shape index (κ3) is 4.67. The number of fused-ring (bicyclic) bond motifs is 2. The van der Waals surface area contributed by atoms with Gasteiger partial charge in [-0.25, -0.2) is 0 Å². The van der Waals surface area contributed by atoms with Crippen LogP contribution in [0.1, 0.15) is 65.2 Å². The molecule has 4 heterocycles. The van der Waals surface area contributed by atoms with Crippen LogP contribution in [0.5, 0.6) is 0 Å². The van der Waals surface area contributed by atoms with Crippen LogP contribution in [-0.4, -0.2) is 82.8 Å². The smallest absolute Gasteiger partial charge is 0.313 e. The number of carbonyl (C=O) groups is 3. The van der Waals surface area contributed by atoms with Gasteiger partial charge in [-0.2, -0.15) is 0 Å². The van der Waals surface area contributed by atoms with E-state index in [4.69, 9.17) is 9.47 Å². The molecule has 0 aliphatic carbocycles. The first-order valence-corrected chi connectivity index (χ1v) is 13.3. The third-order valence-corrected chi connectivity index (χ3v) is 7.92. The number of hydrogen-bond acceptors (Lipinski definition) is 6. The number of esters is 1. The van der Waals surface area contributed by atoms with Crippen LogP contribution < -0.4 is 0 Å². The molecule has 4 aliphatic heterocycles. The molecule has 8 heteroatoms. The van der Waals surface area contributed by atoms with E-state index in [1.165, 1.54) is 0 Å². The summed E-state index contributed by atoms with van der Waals surface area (Å²) in [6.07, 6.45) is 14.2. The van der Waals surface area contributed by atoms with Gasteiger partial charge in [-0.15, -0.1) is 0 Å². The SMILES string of the molecule is CCCCN1CC=C[C@]23O[C@@]4(C)/C=C\CCCCOC(=O)[C@H]4[C@H]2C(=O)N(CCCCCO)C3C1=O. The molecule has 194 valence electrons. The molecule has 8 nitrogen and oxygen atoms in total. The molecule has 1 spiro atoms. The number of carbonyl (C=O) groups excluding carboxylic acids is 3. The van der Waals surface area contributed by atoms with Crippen molar-refractivity contribution in [2.24, 2.45) is 11.8 Å². The summed E-state index contributed by atoms with van der Waals surface area (Å²) in [5.74, 6) is -2.41. The Kier molecular flexibility index (Phi) is 8.01. The van der Waals surface area contributed by atoms with E-state index in [2.05, 4.69) is 6.92 Å². The Labute approximate surface area is 208 Å². The first-order chi connectivity index (χ1) is 16.9. The van der Waals surface area contributed by atoms with Gasteiger partial charge in [0, 0.05) is 26.2 Å². The Balaban J connectivity index is 1.76. The van der Waals surface area contributed by atoms with Gasteiger partial charge in [0.2, 0.25) is 11.8 Å². The Morgan fingerprint density at radius 3 is 2.60 bits per heavy atom. The topological polar surface area (TPSA) is 96.4 Å². The average molecular weight is 489 g/mol. The largest absolute Gasteiger partial charge is 0.465 e. The molecule has 35 heavy (non-hydrogen) atoms. The average Bonchev–Trinajstić information content (AvgIpc) is 3.16. The number of nitrogens with zero attached hydrogens (tertiary/aromatic N) is 2. The summed E-state index contributed by atoms with van der Waals surface area (Å²) in [5, 5.41) is 9.18. The van der Waals surface area contributed by atoms with Crippen LogP contribution in [0, 0.1) is 11.8 Å². The number of allylic oxidation sites excluding steroid dienone is 1. The molecular formula is C27H40N2O6. The lowest BCUT2D eigenvalue weighted by Crippen LogP contribution is -2.56. The number of aliphatic hydroxyl groups is 1. The van der Waals surface area contributed by atoms with Crippen molar-refractivity contribution < 1.29 is 29.0 Å². The van der Waals surface area contributed by atoms with Crippen LogP contribution >= 0.6 is 0 Å². The van der Waals surface area contributed by atoms with Gasteiger partial charge in [0.1, 0.15) is 17.6 Å². The molecule has 2 saturated heterocycles. The van der Waals surface area contributed by atoms with E-state index in [0.717, 1.165) is 38.5 Å². The monoisotopic (exact) mass is 488 g/mol. The fourth-order valence-corrected chi connectivity index (χ4v) is 6.20. The molecular weight excluding hydrogens is 448 g/mol. The summed E-state index contributed by atoms with van der Waals surface area (Å²) >= 11 is 0. The Morgan fingerprint density at radius 2 is 1.83 bits per heavy atom. The van der Waals surface area contributed by atoms with E-state index >= 15 is 0 Å². The molecule has 0 saturated carbocycles. The van der Waals surface area contributed by atoms with E-state index in [1.54, 1.807) is 4.90 Å². The number of amides is 2. The van der Waals surface area contributed by atoms with Crippen molar-refractivity contribution in [1.29, 1.82) is 0 Å². The number of hydrogen-bond donors (Lipinski definition) is 1. The van der Waals surface area contributed by atoms with Gasteiger partial charge in [0.25, 0.3) is 0 Å². The molecule has 0 aromatic rings. The Hall–Kier alpha value is -2.19. The van der Waals surface area contributed by atoms with E-state index in [-0.39, 0.29) is 18.4 Å². The molecule has 0 aromatic carbocycles. The zero-order valence-corrected chi connectivity index (χ0v) is 21.1. The normalized spacial score (nSPS) is 35.9. The van der Waals surface area contributed by atoms with Crippen LogP contribution in [0.3, 0.4) is 0 Å². The van der Waals surface area contributed by atoms with Crippen LogP contribution in [0.4, 0.5) is 0 Å². The number of cyclic esters (lactones) is 1. The number of aliphatic hydroxyl groups excluding tert-OH is 1. The molecule has 0 bridgehead atoms. The lowest BCUT2D eigenvalue weighted by Gasteiger charge is -2.37. The number of likely N-dealkylation sites (tertiary alicyclic amines) is 1. The maximum atomic E-state index is 14.0. The second-order valence-electron chi connectivity index (χ2n) is 10.4. The van der Waals surface area contributed by atoms with Crippen LogP contribution in [0.15, 0.2) is 24.3 Å². The van der Waals surface area contributed by atoms with Gasteiger partial charge >= 0.3 is 5.97 Å². The van der Waals surface area contributed by atoms with Gasteiger partial charge in [0.05, 0.1) is 18.1 Å². The fourth-order valence-electron chi connectivity index (χ4n) is 6.20. The molecule has 0 radical (unpaired) electrons. The minimum Gasteiger partial charge on any atom is -0.465 e. The lowest BCUT2D eigenvalue weighted by molar-refractivity contribution is -0.160. The summed E-state index contributed by atoms with van der Waals surface area (Å²) < 4.78 is 12.4. The van der Waals surface area contributed by atoms with Crippen LogP contribution in [0.2, 0.25) is 0 Å². The first-order valence-electron chi connectivity index (χ1n) is 13.3. The number of unbranched alkanes of at least 4 members (excludes halogenated alkanes) is 3. The quantitative estimate of drug-likeness (QED) is 0.321. The first kappa shape index (κ1) is 25.9. The van der Waals surface area contributed by atoms with Crippen molar-refractivity contribution >= 4 is 17.8 Å². The van der Waals surface area contributed by atoms with E-state index in [1.807, 2.05) is 36.1 Å². The van der Waals surface area contributed by atoms with Gasteiger partial charge in [0.15, 0.2) is 0 Å². The molecule has 2 fully saturated rings. The van der Waals surface area contributed by atoms with E-state index < -0.39 is 35.0 Å². The van der Waals surface area contributed by atoms with Crippen LogP contribution in [-0.2, 0) is 23.9 Å². The Morgan fingerprint density at radius 1 is 1.00 bits per heavy atom. The zero-order valence-electron chi connectivity index (χ0n) is 21.1. The highest BCUT2D eigenvalue weighted by atomic mass is 16.6. The second-order valence-corrected chi connectivity index (χ2v) is 10.4. The second kappa shape index (κ2) is 10.8. The van der Waals surface area contributed by atoms with Gasteiger partial charge in [-0.3, -0.25) is 14.4 Å². The van der Waals surface area contributed by atoms with Gasteiger partial charge in [-0.1, -0.05) is 37.6 Å². The van der Waals surface area contributed by atoms with Crippen molar-refractivity contribution in [3.8, 4) is 0 Å². The summed E-state index contributed by atoms with van der Waals surface area (Å²) in [6.45, 7) is 5.81. The number of ether oxygens (including phenoxy) is 2. The fraction of sp³-hybridized carbons (Fsp3) is 0.741. The van der Waals surface area contributed by atoms with Crippen molar-refractivity contribution in [2.45, 2.75) is 82.5 Å². The highest BCUT2D eigenvalue weighted by molar-refractivity contribution is 5.99.